The summed E-state index contributed by atoms with van der Waals surface area (Å²) >= 11 is 0. The first kappa shape index (κ1) is 21.1. The number of aryl methyl sites for hydroxylation is 1. The third kappa shape index (κ3) is 3.91. The second kappa shape index (κ2) is 8.90. The van der Waals surface area contributed by atoms with Crippen molar-refractivity contribution in [2.24, 2.45) is 0 Å². The standard InChI is InChI=1S/C28H23NO3/c1-19-17-25(28(32)29(18-30)23-13-15-24(31)16-14-23)20(2)27(22-11-7-4-8-12-22)26(19)21-9-5-3-6-10-21/h3-18,31H,1-2H3. The Kier molecular flexibility index (Phi) is 5.86. The molecule has 0 radical (unpaired) electrons. The number of phenolic OH excluding ortho intramolecular Hbond substituents is 1. The molecule has 0 spiro atoms. The molecule has 4 aromatic carbocycles. The van der Waals surface area contributed by atoms with Gasteiger partial charge in [-0.1, -0.05) is 60.7 Å². The van der Waals surface area contributed by atoms with Crippen LogP contribution in [0, 0.1) is 13.8 Å². The van der Waals surface area contributed by atoms with Crippen molar-refractivity contribution in [1.82, 2.24) is 0 Å². The van der Waals surface area contributed by atoms with E-state index in [0.717, 1.165) is 38.3 Å². The van der Waals surface area contributed by atoms with Crippen LogP contribution in [0.1, 0.15) is 21.5 Å². The first-order valence-electron chi connectivity index (χ1n) is 10.3. The summed E-state index contributed by atoms with van der Waals surface area (Å²) in [6.45, 7) is 3.90. The Morgan fingerprint density at radius 2 is 1.31 bits per heavy atom. The second-order valence-corrected chi connectivity index (χ2v) is 7.65. The van der Waals surface area contributed by atoms with Gasteiger partial charge in [0.05, 0.1) is 5.69 Å². The highest BCUT2D eigenvalue weighted by atomic mass is 16.3. The van der Waals surface area contributed by atoms with Gasteiger partial charge in [0, 0.05) is 5.56 Å². The lowest BCUT2D eigenvalue weighted by atomic mass is 9.85. The topological polar surface area (TPSA) is 57.6 Å². The van der Waals surface area contributed by atoms with E-state index in [1.165, 1.54) is 12.1 Å². The van der Waals surface area contributed by atoms with E-state index < -0.39 is 5.91 Å². The van der Waals surface area contributed by atoms with Crippen molar-refractivity contribution in [3.8, 4) is 28.0 Å². The monoisotopic (exact) mass is 421 g/mol. The largest absolute Gasteiger partial charge is 0.508 e. The number of imide groups is 1. The molecule has 0 fully saturated rings. The molecule has 4 aromatic rings. The van der Waals surface area contributed by atoms with Gasteiger partial charge in [0.15, 0.2) is 0 Å². The van der Waals surface area contributed by atoms with Crippen LogP contribution in [0.3, 0.4) is 0 Å². The van der Waals surface area contributed by atoms with Gasteiger partial charge >= 0.3 is 0 Å². The lowest BCUT2D eigenvalue weighted by Gasteiger charge is -2.22. The fourth-order valence-electron chi connectivity index (χ4n) is 4.05. The number of rotatable bonds is 5. The van der Waals surface area contributed by atoms with Gasteiger partial charge in [-0.2, -0.15) is 0 Å². The van der Waals surface area contributed by atoms with Crippen LogP contribution < -0.4 is 4.90 Å². The number of hydrogen-bond acceptors (Lipinski definition) is 3. The van der Waals surface area contributed by atoms with Crippen LogP contribution in [0.2, 0.25) is 0 Å². The summed E-state index contributed by atoms with van der Waals surface area (Å²) in [4.78, 5) is 26.5. The number of carbonyl (C=O) groups is 2. The second-order valence-electron chi connectivity index (χ2n) is 7.65. The van der Waals surface area contributed by atoms with Crippen LogP contribution in [-0.2, 0) is 4.79 Å². The molecule has 4 nitrogen and oxygen atoms in total. The van der Waals surface area contributed by atoms with Crippen molar-refractivity contribution in [3.63, 3.8) is 0 Å². The number of anilines is 1. The third-order valence-electron chi connectivity index (χ3n) is 5.59. The van der Waals surface area contributed by atoms with E-state index in [4.69, 9.17) is 0 Å². The lowest BCUT2D eigenvalue weighted by Crippen LogP contribution is -2.30. The zero-order valence-corrected chi connectivity index (χ0v) is 17.9. The average molecular weight is 421 g/mol. The van der Waals surface area contributed by atoms with Crippen molar-refractivity contribution in [3.05, 3.63) is 108 Å². The number of amides is 2. The molecule has 0 aromatic heterocycles. The molecular weight excluding hydrogens is 398 g/mol. The third-order valence-corrected chi connectivity index (χ3v) is 5.59. The highest BCUT2D eigenvalue weighted by Gasteiger charge is 2.24. The molecule has 2 amide bonds. The van der Waals surface area contributed by atoms with Gasteiger partial charge in [0.1, 0.15) is 5.75 Å². The van der Waals surface area contributed by atoms with E-state index in [2.05, 4.69) is 12.1 Å². The van der Waals surface area contributed by atoms with E-state index in [-0.39, 0.29) is 5.75 Å². The zero-order chi connectivity index (χ0) is 22.7. The molecule has 0 aliphatic carbocycles. The minimum absolute atomic E-state index is 0.0673. The minimum atomic E-state index is -0.414. The maximum Gasteiger partial charge on any atom is 0.265 e. The van der Waals surface area contributed by atoms with Crippen molar-refractivity contribution in [2.75, 3.05) is 4.90 Å². The molecule has 4 rings (SSSR count). The fraction of sp³-hybridized carbons (Fsp3) is 0.0714. The van der Waals surface area contributed by atoms with Gasteiger partial charge in [-0.15, -0.1) is 0 Å². The van der Waals surface area contributed by atoms with Crippen LogP contribution in [0.25, 0.3) is 22.3 Å². The van der Waals surface area contributed by atoms with E-state index in [0.29, 0.717) is 17.7 Å². The number of nitrogens with zero attached hydrogens (tertiary/aromatic N) is 1. The molecule has 32 heavy (non-hydrogen) atoms. The Bertz CT molecular complexity index is 1260. The molecule has 0 unspecified atom stereocenters. The lowest BCUT2D eigenvalue weighted by molar-refractivity contribution is -0.106. The van der Waals surface area contributed by atoms with Gasteiger partial charge in [-0.05, 0) is 77.6 Å². The van der Waals surface area contributed by atoms with E-state index in [9.17, 15) is 14.7 Å². The summed E-state index contributed by atoms with van der Waals surface area (Å²) < 4.78 is 0. The molecule has 4 heteroatoms. The van der Waals surface area contributed by atoms with Gasteiger partial charge < -0.3 is 5.11 Å². The summed E-state index contributed by atoms with van der Waals surface area (Å²) in [5.74, 6) is -0.347. The Labute approximate surface area is 187 Å². The van der Waals surface area contributed by atoms with Gasteiger partial charge in [-0.25, -0.2) is 4.90 Å². The van der Waals surface area contributed by atoms with E-state index in [1.54, 1.807) is 12.1 Å². The van der Waals surface area contributed by atoms with Crippen molar-refractivity contribution in [1.29, 1.82) is 0 Å². The normalized spacial score (nSPS) is 10.6. The maximum absolute atomic E-state index is 13.5. The number of carbonyl (C=O) groups excluding carboxylic acids is 2. The van der Waals surface area contributed by atoms with Gasteiger partial charge in [-0.3, -0.25) is 9.59 Å². The molecule has 0 heterocycles. The molecule has 1 N–H and O–H groups in total. The van der Waals surface area contributed by atoms with E-state index in [1.807, 2.05) is 68.4 Å². The molecule has 0 atom stereocenters. The molecular formula is C28H23NO3. The predicted molar refractivity (Wildman–Crippen MR) is 128 cm³/mol. The van der Waals surface area contributed by atoms with Gasteiger partial charge in [0.2, 0.25) is 6.41 Å². The summed E-state index contributed by atoms with van der Waals surface area (Å²) in [5.41, 5.74) is 6.71. The number of phenols is 1. The van der Waals surface area contributed by atoms with Crippen LogP contribution >= 0.6 is 0 Å². The highest BCUT2D eigenvalue weighted by molar-refractivity contribution is 6.17. The van der Waals surface area contributed by atoms with Crippen molar-refractivity contribution in [2.45, 2.75) is 13.8 Å². The molecule has 158 valence electrons. The first-order chi connectivity index (χ1) is 15.5. The molecule has 0 aliphatic heterocycles. The highest BCUT2D eigenvalue weighted by Crippen LogP contribution is 2.39. The van der Waals surface area contributed by atoms with Crippen LogP contribution in [0.15, 0.2) is 91.0 Å². The smallest absolute Gasteiger partial charge is 0.265 e. The maximum atomic E-state index is 13.5. The van der Waals surface area contributed by atoms with Crippen LogP contribution in [0.4, 0.5) is 5.69 Å². The fourth-order valence-corrected chi connectivity index (χ4v) is 4.05. The summed E-state index contributed by atoms with van der Waals surface area (Å²) in [6, 6.07) is 27.9. The summed E-state index contributed by atoms with van der Waals surface area (Å²) in [7, 11) is 0. The van der Waals surface area contributed by atoms with Crippen LogP contribution in [-0.4, -0.2) is 17.4 Å². The minimum Gasteiger partial charge on any atom is -0.508 e. The number of benzene rings is 4. The van der Waals surface area contributed by atoms with Crippen LogP contribution in [0.5, 0.6) is 5.75 Å². The van der Waals surface area contributed by atoms with Crippen molar-refractivity contribution < 1.29 is 14.7 Å². The quantitative estimate of drug-likeness (QED) is 0.394. The zero-order valence-electron chi connectivity index (χ0n) is 17.9. The molecule has 0 bridgehead atoms. The Morgan fingerprint density at radius 1 is 0.781 bits per heavy atom. The van der Waals surface area contributed by atoms with E-state index >= 15 is 0 Å². The number of hydrogen-bond donors (Lipinski definition) is 1. The Morgan fingerprint density at radius 3 is 1.84 bits per heavy atom. The molecule has 0 saturated heterocycles. The van der Waals surface area contributed by atoms with Crippen molar-refractivity contribution >= 4 is 18.0 Å². The summed E-state index contributed by atoms with van der Waals surface area (Å²) in [5, 5.41) is 9.56. The SMILES string of the molecule is Cc1cc(C(=O)N(C=O)c2ccc(O)cc2)c(C)c(-c2ccccc2)c1-c1ccccc1. The number of aromatic hydroxyl groups is 1. The predicted octanol–water partition coefficient (Wildman–Crippen LogP) is 6.15. The molecule has 0 saturated carbocycles. The summed E-state index contributed by atoms with van der Waals surface area (Å²) in [6.07, 6.45) is 0.511. The Hall–Kier alpha value is -4.18. The Balaban J connectivity index is 1.93. The van der Waals surface area contributed by atoms with Gasteiger partial charge in [0.25, 0.3) is 5.91 Å². The average Bonchev–Trinajstić information content (AvgIpc) is 2.82. The first-order valence-corrected chi connectivity index (χ1v) is 10.3. The molecule has 0 aliphatic rings.